The summed E-state index contributed by atoms with van der Waals surface area (Å²) in [4.78, 5) is 22.6. The van der Waals surface area contributed by atoms with E-state index >= 15 is 0 Å². The number of carbonyl (C=O) groups excluding carboxylic acids is 1. The van der Waals surface area contributed by atoms with Crippen molar-refractivity contribution in [1.29, 1.82) is 0 Å². The summed E-state index contributed by atoms with van der Waals surface area (Å²) in [5.74, 6) is -2.17. The lowest BCUT2D eigenvalue weighted by Gasteiger charge is -2.15. The summed E-state index contributed by atoms with van der Waals surface area (Å²) in [6, 6.07) is 2.69. The van der Waals surface area contributed by atoms with E-state index < -0.39 is 23.7 Å². The highest BCUT2D eigenvalue weighted by atomic mass is 19.1. The molecule has 0 radical (unpaired) electrons. The van der Waals surface area contributed by atoms with Gasteiger partial charge in [-0.15, -0.1) is 0 Å². The molecule has 0 aliphatic heterocycles. The first-order chi connectivity index (χ1) is 8.95. The van der Waals surface area contributed by atoms with Crippen molar-refractivity contribution in [2.75, 3.05) is 13.2 Å². The minimum absolute atomic E-state index is 0.208. The van der Waals surface area contributed by atoms with Crippen LogP contribution in [0.5, 0.6) is 0 Å². The zero-order valence-corrected chi connectivity index (χ0v) is 10.8. The van der Waals surface area contributed by atoms with Crippen molar-refractivity contribution in [1.82, 2.24) is 5.32 Å². The molecular formula is C13H16FNO4. The molecule has 0 saturated carbocycles. The van der Waals surface area contributed by atoms with Gasteiger partial charge in [-0.3, -0.25) is 4.79 Å². The van der Waals surface area contributed by atoms with Crippen LogP contribution < -0.4 is 5.32 Å². The first-order valence-electron chi connectivity index (χ1n) is 5.81. The number of halogens is 1. The number of benzene rings is 1. The number of ether oxygens (including phenoxy) is 1. The summed E-state index contributed by atoms with van der Waals surface area (Å²) in [5, 5.41) is 11.4. The van der Waals surface area contributed by atoms with Gasteiger partial charge in [0, 0.05) is 6.61 Å². The van der Waals surface area contributed by atoms with Gasteiger partial charge in [-0.1, -0.05) is 12.1 Å². The number of carboxylic acids is 1. The van der Waals surface area contributed by atoms with E-state index in [9.17, 15) is 14.0 Å². The number of carboxylic acid groups (broad SMARTS) is 1. The third-order valence-corrected chi connectivity index (χ3v) is 2.50. The van der Waals surface area contributed by atoms with Crippen LogP contribution in [0, 0.1) is 12.7 Å². The topological polar surface area (TPSA) is 75.6 Å². The highest BCUT2D eigenvalue weighted by Crippen LogP contribution is 2.17. The maximum absolute atomic E-state index is 13.1. The fraction of sp³-hybridized carbons (Fsp3) is 0.385. The summed E-state index contributed by atoms with van der Waals surface area (Å²) in [7, 11) is 0. The van der Waals surface area contributed by atoms with Crippen molar-refractivity contribution in [3.05, 3.63) is 35.1 Å². The van der Waals surface area contributed by atoms with Gasteiger partial charge in [0.1, 0.15) is 12.4 Å². The molecule has 0 aliphatic rings. The molecule has 0 fully saturated rings. The SMILES string of the molecule is CCOCC(=O)NC(C(=O)O)c1ccc(F)c(C)c1. The van der Waals surface area contributed by atoms with Gasteiger partial charge in [0.15, 0.2) is 6.04 Å². The Morgan fingerprint density at radius 1 is 1.47 bits per heavy atom. The second kappa shape index (κ2) is 6.84. The summed E-state index contributed by atoms with van der Waals surface area (Å²) < 4.78 is 18.0. The Balaban J connectivity index is 2.85. The van der Waals surface area contributed by atoms with Crippen molar-refractivity contribution in [3.63, 3.8) is 0 Å². The molecule has 2 N–H and O–H groups in total. The second-order valence-electron chi connectivity index (χ2n) is 3.98. The average Bonchev–Trinajstić information content (AvgIpc) is 2.36. The van der Waals surface area contributed by atoms with Crippen LogP contribution in [0.2, 0.25) is 0 Å². The van der Waals surface area contributed by atoms with Crippen LogP contribution in [0.1, 0.15) is 24.1 Å². The van der Waals surface area contributed by atoms with Gasteiger partial charge < -0.3 is 15.2 Å². The molecule has 0 heterocycles. The van der Waals surface area contributed by atoms with E-state index in [0.717, 1.165) is 0 Å². The number of aryl methyl sites for hydroxylation is 1. The number of aliphatic carboxylic acids is 1. The van der Waals surface area contributed by atoms with Crippen LogP contribution in [-0.2, 0) is 14.3 Å². The van der Waals surface area contributed by atoms with Crippen LogP contribution in [0.25, 0.3) is 0 Å². The largest absolute Gasteiger partial charge is 0.479 e. The van der Waals surface area contributed by atoms with E-state index in [1.165, 1.54) is 25.1 Å². The predicted octanol–water partition coefficient (Wildman–Crippen LogP) is 1.41. The highest BCUT2D eigenvalue weighted by Gasteiger charge is 2.22. The molecule has 1 unspecified atom stereocenters. The van der Waals surface area contributed by atoms with Gasteiger partial charge in [0.2, 0.25) is 5.91 Å². The Bertz CT molecular complexity index is 476. The third kappa shape index (κ3) is 4.33. The number of hydrogen-bond acceptors (Lipinski definition) is 3. The van der Waals surface area contributed by atoms with Crippen molar-refractivity contribution >= 4 is 11.9 Å². The first kappa shape index (κ1) is 15.1. The highest BCUT2D eigenvalue weighted by molar-refractivity contribution is 5.85. The second-order valence-corrected chi connectivity index (χ2v) is 3.98. The first-order valence-corrected chi connectivity index (χ1v) is 5.81. The summed E-state index contributed by atoms with van der Waals surface area (Å²) in [6.07, 6.45) is 0. The molecule has 6 heteroatoms. The molecule has 0 bridgehead atoms. The molecule has 0 spiro atoms. The van der Waals surface area contributed by atoms with Crippen molar-refractivity contribution in [3.8, 4) is 0 Å². The molecule has 1 amide bonds. The Hall–Kier alpha value is -1.95. The molecule has 0 aromatic heterocycles. The molecule has 5 nitrogen and oxygen atoms in total. The lowest BCUT2D eigenvalue weighted by molar-refractivity contribution is -0.142. The van der Waals surface area contributed by atoms with E-state index in [0.29, 0.717) is 17.7 Å². The minimum atomic E-state index is -1.22. The molecule has 104 valence electrons. The van der Waals surface area contributed by atoms with Crippen molar-refractivity contribution in [2.45, 2.75) is 19.9 Å². The molecule has 1 rings (SSSR count). The molecule has 1 atom stereocenters. The molecule has 1 aromatic carbocycles. The number of nitrogens with one attached hydrogen (secondary N) is 1. The lowest BCUT2D eigenvalue weighted by atomic mass is 10.0. The molecule has 0 saturated heterocycles. The Morgan fingerprint density at radius 2 is 2.16 bits per heavy atom. The van der Waals surface area contributed by atoms with Gasteiger partial charge in [0.25, 0.3) is 0 Å². The van der Waals surface area contributed by atoms with Gasteiger partial charge >= 0.3 is 5.97 Å². The van der Waals surface area contributed by atoms with Crippen LogP contribution in [-0.4, -0.2) is 30.2 Å². The minimum Gasteiger partial charge on any atom is -0.479 e. The fourth-order valence-electron chi connectivity index (χ4n) is 1.53. The van der Waals surface area contributed by atoms with Gasteiger partial charge in [-0.05, 0) is 31.0 Å². The zero-order chi connectivity index (χ0) is 14.4. The molecule has 1 aromatic rings. The van der Waals surface area contributed by atoms with Crippen LogP contribution in [0.15, 0.2) is 18.2 Å². The maximum atomic E-state index is 13.1. The maximum Gasteiger partial charge on any atom is 0.330 e. The fourth-order valence-corrected chi connectivity index (χ4v) is 1.53. The lowest BCUT2D eigenvalue weighted by Crippen LogP contribution is -2.36. The quantitative estimate of drug-likeness (QED) is 0.818. The summed E-state index contributed by atoms with van der Waals surface area (Å²) >= 11 is 0. The zero-order valence-electron chi connectivity index (χ0n) is 10.8. The van der Waals surface area contributed by atoms with E-state index in [1.54, 1.807) is 6.92 Å². The van der Waals surface area contributed by atoms with E-state index in [-0.39, 0.29) is 6.61 Å². The third-order valence-electron chi connectivity index (χ3n) is 2.50. The van der Waals surface area contributed by atoms with Crippen LogP contribution in [0.4, 0.5) is 4.39 Å². The summed E-state index contributed by atoms with van der Waals surface area (Å²) in [5.41, 5.74) is 0.638. The van der Waals surface area contributed by atoms with Crippen molar-refractivity contribution < 1.29 is 23.8 Å². The van der Waals surface area contributed by atoms with E-state index in [2.05, 4.69) is 5.32 Å². The van der Waals surface area contributed by atoms with E-state index in [4.69, 9.17) is 9.84 Å². The Labute approximate surface area is 110 Å². The standard InChI is InChI=1S/C13H16FNO4/c1-3-19-7-11(16)15-12(13(17)18)9-4-5-10(14)8(2)6-9/h4-6,12H,3,7H2,1-2H3,(H,15,16)(H,17,18). The van der Waals surface area contributed by atoms with Gasteiger partial charge in [-0.2, -0.15) is 0 Å². The Kier molecular flexibility index (Phi) is 5.44. The average molecular weight is 269 g/mol. The molecule has 0 aliphatic carbocycles. The van der Waals surface area contributed by atoms with Gasteiger partial charge in [-0.25, -0.2) is 9.18 Å². The monoisotopic (exact) mass is 269 g/mol. The number of amides is 1. The Morgan fingerprint density at radius 3 is 2.68 bits per heavy atom. The van der Waals surface area contributed by atoms with Crippen LogP contribution >= 0.6 is 0 Å². The van der Waals surface area contributed by atoms with Gasteiger partial charge in [0.05, 0.1) is 0 Å². The smallest absolute Gasteiger partial charge is 0.330 e. The summed E-state index contributed by atoms with van der Waals surface area (Å²) in [6.45, 7) is 3.41. The van der Waals surface area contributed by atoms with Crippen molar-refractivity contribution in [2.24, 2.45) is 0 Å². The number of rotatable bonds is 6. The molecular weight excluding hydrogens is 253 g/mol. The number of carbonyl (C=O) groups is 2. The normalized spacial score (nSPS) is 11.9. The van der Waals surface area contributed by atoms with Crippen LogP contribution in [0.3, 0.4) is 0 Å². The van der Waals surface area contributed by atoms with E-state index in [1.807, 2.05) is 0 Å². The predicted molar refractivity (Wildman–Crippen MR) is 66.1 cm³/mol. The number of hydrogen-bond donors (Lipinski definition) is 2. The molecule has 19 heavy (non-hydrogen) atoms.